The molecule has 8 nitrogen and oxygen atoms in total. The summed E-state index contributed by atoms with van der Waals surface area (Å²) in [6, 6.07) is 9.77. The van der Waals surface area contributed by atoms with Crippen LogP contribution >= 0.6 is 15.9 Å². The number of hydrogen-bond acceptors (Lipinski definition) is 4. The van der Waals surface area contributed by atoms with Gasteiger partial charge < -0.3 is 10.2 Å². The van der Waals surface area contributed by atoms with E-state index in [0.29, 0.717) is 34.1 Å². The minimum Gasteiger partial charge on any atom is -0.355 e. The van der Waals surface area contributed by atoms with Crippen LogP contribution in [-0.2, 0) is 25.6 Å². The smallest absolute Gasteiger partial charge is 0.355 e. The number of halogens is 4. The van der Waals surface area contributed by atoms with Gasteiger partial charge in [-0.25, -0.2) is 4.52 Å². The molecular formula is C31H29BrF3N5O3. The van der Waals surface area contributed by atoms with E-state index in [1.807, 2.05) is 0 Å². The summed E-state index contributed by atoms with van der Waals surface area (Å²) in [6.45, 7) is 1.79. The minimum absolute atomic E-state index is 0.0134. The lowest BCUT2D eigenvalue weighted by molar-refractivity contribution is -0.138. The summed E-state index contributed by atoms with van der Waals surface area (Å²) >= 11 is 2.94. The van der Waals surface area contributed by atoms with Crippen molar-refractivity contribution in [3.63, 3.8) is 0 Å². The number of fused-ring (bicyclic) bond motifs is 3. The second kappa shape index (κ2) is 11.0. The first-order chi connectivity index (χ1) is 20.5. The third-order valence-corrected chi connectivity index (χ3v) is 9.26. The first-order valence-electron chi connectivity index (χ1n) is 14.1. The Labute approximate surface area is 253 Å². The average molecular weight is 657 g/mol. The second-order valence-corrected chi connectivity index (χ2v) is 12.1. The van der Waals surface area contributed by atoms with Gasteiger partial charge in [0, 0.05) is 39.8 Å². The molecule has 12 heteroatoms. The van der Waals surface area contributed by atoms with Gasteiger partial charge in [0.2, 0.25) is 0 Å². The van der Waals surface area contributed by atoms with E-state index in [1.54, 1.807) is 53.5 Å². The molecule has 2 aliphatic rings. The largest absolute Gasteiger partial charge is 0.417 e. The van der Waals surface area contributed by atoms with Gasteiger partial charge in [-0.05, 0) is 68.1 Å². The first-order valence-corrected chi connectivity index (χ1v) is 14.9. The summed E-state index contributed by atoms with van der Waals surface area (Å²) in [5.41, 5.74) is 2.31. The van der Waals surface area contributed by atoms with Crippen LogP contribution in [0.15, 0.2) is 57.9 Å². The van der Waals surface area contributed by atoms with Crippen LogP contribution in [0.1, 0.15) is 69.3 Å². The molecule has 1 saturated carbocycles. The highest BCUT2D eigenvalue weighted by molar-refractivity contribution is 9.10. The molecule has 0 spiro atoms. The number of nitrogens with zero attached hydrogens (tertiary/aromatic N) is 4. The molecule has 224 valence electrons. The highest BCUT2D eigenvalue weighted by Crippen LogP contribution is 2.36. The van der Waals surface area contributed by atoms with E-state index in [9.17, 15) is 27.6 Å². The molecule has 1 N–H and O–H groups in total. The molecule has 4 aromatic rings. The zero-order chi connectivity index (χ0) is 30.6. The van der Waals surface area contributed by atoms with Crippen LogP contribution < -0.4 is 10.9 Å². The molecule has 1 aliphatic heterocycles. The quantitative estimate of drug-likeness (QED) is 0.305. The molecule has 1 fully saturated rings. The number of carbonyl (C=O) groups excluding carboxylic acids is 2. The van der Waals surface area contributed by atoms with Crippen LogP contribution in [0.25, 0.3) is 11.3 Å². The van der Waals surface area contributed by atoms with Gasteiger partial charge in [-0.15, -0.1) is 0 Å². The van der Waals surface area contributed by atoms with Crippen molar-refractivity contribution >= 4 is 33.4 Å². The van der Waals surface area contributed by atoms with E-state index in [-0.39, 0.29) is 34.5 Å². The lowest BCUT2D eigenvalue weighted by Crippen LogP contribution is -2.46. The van der Waals surface area contributed by atoms with Gasteiger partial charge in [0.25, 0.3) is 17.4 Å². The molecule has 6 rings (SSSR count). The van der Waals surface area contributed by atoms with Gasteiger partial charge in [-0.3, -0.25) is 19.0 Å². The van der Waals surface area contributed by atoms with Gasteiger partial charge in [0.1, 0.15) is 5.65 Å². The zero-order valence-corrected chi connectivity index (χ0v) is 25.1. The second-order valence-electron chi connectivity index (χ2n) is 11.3. The van der Waals surface area contributed by atoms with Gasteiger partial charge in [-0.2, -0.15) is 18.3 Å². The summed E-state index contributed by atoms with van der Waals surface area (Å²) in [7, 11) is 1.55. The van der Waals surface area contributed by atoms with Crippen molar-refractivity contribution in [2.75, 3.05) is 7.05 Å². The van der Waals surface area contributed by atoms with Crippen molar-refractivity contribution in [2.24, 2.45) is 5.92 Å². The van der Waals surface area contributed by atoms with Gasteiger partial charge >= 0.3 is 6.18 Å². The fourth-order valence-electron chi connectivity index (χ4n) is 6.00. The Kier molecular flexibility index (Phi) is 7.44. The lowest BCUT2D eigenvalue weighted by atomic mass is 9.81. The summed E-state index contributed by atoms with van der Waals surface area (Å²) in [5, 5.41) is 7.27. The number of alkyl halides is 3. The van der Waals surface area contributed by atoms with Crippen LogP contribution in [0.2, 0.25) is 0 Å². The summed E-state index contributed by atoms with van der Waals surface area (Å²) in [5.74, 6) is -0.308. The lowest BCUT2D eigenvalue weighted by Gasteiger charge is -2.35. The van der Waals surface area contributed by atoms with Crippen LogP contribution in [0.4, 0.5) is 13.2 Å². The van der Waals surface area contributed by atoms with E-state index in [2.05, 4.69) is 26.3 Å². The zero-order valence-electron chi connectivity index (χ0n) is 23.5. The number of aromatic nitrogens is 3. The SMILES string of the molecule is CNC(=O)c1ccc(-n2c(=O)c3c(n4ncc(CC5CCC5)c24)CN(C(=O)c2ccc(Br)c(C(F)(F)F)c2)C(C)C3)cc1. The number of hydrogen-bond donors (Lipinski definition) is 1. The first kappa shape index (κ1) is 29.2. The van der Waals surface area contributed by atoms with Crippen molar-refractivity contribution < 1.29 is 22.8 Å². The Balaban J connectivity index is 1.46. The number of nitrogens with one attached hydrogen (secondary N) is 1. The maximum Gasteiger partial charge on any atom is 0.417 e. The van der Waals surface area contributed by atoms with Crippen molar-refractivity contribution in [1.29, 1.82) is 0 Å². The van der Waals surface area contributed by atoms with E-state index in [1.165, 1.54) is 17.0 Å². The average Bonchev–Trinajstić information content (AvgIpc) is 3.37. The standard InChI is InChI=1S/C31H29BrF3N5O3/c1-17-12-23-26(16-38(17)29(42)20-8-11-25(32)24(14-20)31(33,34)35)40-28(21(15-37-40)13-18-4-3-5-18)39(30(23)43)22-9-6-19(7-10-22)27(41)36-2/h6-11,14-15,17-18H,3-5,12-13,16H2,1-2H3,(H,36,41). The van der Waals surface area contributed by atoms with Crippen molar-refractivity contribution in [2.45, 2.75) is 57.8 Å². The molecule has 2 aromatic heterocycles. The van der Waals surface area contributed by atoms with Crippen molar-refractivity contribution in [3.05, 3.63) is 97.0 Å². The molecule has 0 bridgehead atoms. The van der Waals surface area contributed by atoms with E-state index in [4.69, 9.17) is 0 Å². The van der Waals surface area contributed by atoms with E-state index >= 15 is 0 Å². The summed E-state index contributed by atoms with van der Waals surface area (Å²) in [6.07, 6.45) is 1.44. The third-order valence-electron chi connectivity index (χ3n) is 8.57. The van der Waals surface area contributed by atoms with E-state index in [0.717, 1.165) is 37.3 Å². The topological polar surface area (TPSA) is 88.7 Å². The third kappa shape index (κ3) is 5.15. The maximum atomic E-state index is 14.2. The monoisotopic (exact) mass is 655 g/mol. The fraction of sp³-hybridized carbons (Fsp3) is 0.355. The number of carbonyl (C=O) groups is 2. The molecule has 43 heavy (non-hydrogen) atoms. The predicted molar refractivity (Wildman–Crippen MR) is 157 cm³/mol. The molecule has 0 saturated heterocycles. The predicted octanol–water partition coefficient (Wildman–Crippen LogP) is 5.56. The normalized spacial score (nSPS) is 17.1. The van der Waals surface area contributed by atoms with Crippen LogP contribution in [-0.4, -0.2) is 44.0 Å². The van der Waals surface area contributed by atoms with Gasteiger partial charge in [0.15, 0.2) is 0 Å². The Morgan fingerprint density at radius 1 is 1.09 bits per heavy atom. The van der Waals surface area contributed by atoms with Crippen LogP contribution in [0.3, 0.4) is 0 Å². The molecule has 0 radical (unpaired) electrons. The maximum absolute atomic E-state index is 14.2. The van der Waals surface area contributed by atoms with Gasteiger partial charge in [-0.1, -0.05) is 35.2 Å². The highest BCUT2D eigenvalue weighted by atomic mass is 79.9. The van der Waals surface area contributed by atoms with Crippen molar-refractivity contribution in [1.82, 2.24) is 24.4 Å². The Morgan fingerprint density at radius 3 is 2.42 bits per heavy atom. The number of rotatable bonds is 5. The molecule has 2 aromatic carbocycles. The highest BCUT2D eigenvalue weighted by Gasteiger charge is 2.36. The van der Waals surface area contributed by atoms with E-state index < -0.39 is 23.7 Å². The molecule has 1 atom stereocenters. The van der Waals surface area contributed by atoms with Crippen molar-refractivity contribution in [3.8, 4) is 5.69 Å². The minimum atomic E-state index is -4.63. The van der Waals surface area contributed by atoms with Crippen LogP contribution in [0.5, 0.6) is 0 Å². The Morgan fingerprint density at radius 2 is 1.79 bits per heavy atom. The van der Waals surface area contributed by atoms with Gasteiger partial charge in [0.05, 0.1) is 29.7 Å². The Bertz CT molecular complexity index is 1810. The molecule has 3 heterocycles. The molecule has 1 unspecified atom stereocenters. The summed E-state index contributed by atoms with van der Waals surface area (Å²) < 4.78 is 43.9. The molecular weight excluding hydrogens is 627 g/mol. The number of amides is 2. The van der Waals surface area contributed by atoms with Crippen LogP contribution in [0, 0.1) is 5.92 Å². The fourth-order valence-corrected chi connectivity index (χ4v) is 6.47. The summed E-state index contributed by atoms with van der Waals surface area (Å²) in [4.78, 5) is 41.5. The molecule has 1 aliphatic carbocycles. The number of benzene rings is 2. The molecule has 2 amide bonds. The Hall–Kier alpha value is -3.93.